The number of hydrogen-bond acceptors (Lipinski definition) is 5. The third kappa shape index (κ3) is 3.65. The van der Waals surface area contributed by atoms with Gasteiger partial charge in [0.1, 0.15) is 0 Å². The zero-order valence-electron chi connectivity index (χ0n) is 12.9. The first-order valence-corrected chi connectivity index (χ1v) is 7.91. The number of hydrogen-bond donors (Lipinski definition) is 1. The average molecular weight is 305 g/mol. The van der Waals surface area contributed by atoms with Crippen molar-refractivity contribution in [3.63, 3.8) is 0 Å². The predicted molar refractivity (Wildman–Crippen MR) is 82.8 cm³/mol. The van der Waals surface area contributed by atoms with Crippen LogP contribution in [0.4, 0.5) is 10.7 Å². The lowest BCUT2D eigenvalue weighted by molar-refractivity contribution is -0.00397. The molecule has 7 heteroatoms. The van der Waals surface area contributed by atoms with Gasteiger partial charge in [0, 0.05) is 44.6 Å². The minimum atomic E-state index is 0.0320. The van der Waals surface area contributed by atoms with Crippen LogP contribution in [0.2, 0.25) is 0 Å². The first-order chi connectivity index (χ1) is 10.7. The van der Waals surface area contributed by atoms with E-state index in [1.807, 2.05) is 17.9 Å². The number of amides is 2. The maximum absolute atomic E-state index is 12.3. The first kappa shape index (κ1) is 15.0. The Bertz CT molecular complexity index is 490. The molecule has 0 aliphatic carbocycles. The maximum atomic E-state index is 12.3. The van der Waals surface area contributed by atoms with Gasteiger partial charge in [-0.05, 0) is 25.8 Å². The Labute approximate surface area is 130 Å². The number of carbonyl (C=O) groups excluding carboxylic acids is 1. The van der Waals surface area contributed by atoms with Crippen LogP contribution < -0.4 is 10.2 Å². The summed E-state index contributed by atoms with van der Waals surface area (Å²) in [5.41, 5.74) is 0. The van der Waals surface area contributed by atoms with E-state index in [1.165, 1.54) is 0 Å². The fourth-order valence-electron chi connectivity index (χ4n) is 2.95. The molecule has 22 heavy (non-hydrogen) atoms. The molecule has 7 nitrogen and oxygen atoms in total. The normalized spacial score (nSPS) is 23.4. The molecule has 2 aliphatic rings. The molecule has 2 saturated heterocycles. The molecule has 3 heterocycles. The van der Waals surface area contributed by atoms with Gasteiger partial charge in [0.2, 0.25) is 5.95 Å². The second-order valence-electron chi connectivity index (χ2n) is 5.89. The minimum Gasteiger partial charge on any atom is -0.375 e. The Morgan fingerprint density at radius 2 is 2.00 bits per heavy atom. The van der Waals surface area contributed by atoms with Crippen LogP contribution in [0.15, 0.2) is 18.5 Å². The summed E-state index contributed by atoms with van der Waals surface area (Å²) in [6.07, 6.45) is 5.48. The number of piperidine rings is 1. The molecular formula is C15H23N5O2. The van der Waals surface area contributed by atoms with Gasteiger partial charge in [-0.25, -0.2) is 14.8 Å². The molecule has 2 amide bonds. The number of nitrogens with zero attached hydrogens (tertiary/aromatic N) is 4. The van der Waals surface area contributed by atoms with Crippen LogP contribution in [0.3, 0.4) is 0 Å². The smallest absolute Gasteiger partial charge is 0.317 e. The first-order valence-electron chi connectivity index (χ1n) is 7.91. The quantitative estimate of drug-likeness (QED) is 0.878. The van der Waals surface area contributed by atoms with E-state index in [1.54, 1.807) is 12.4 Å². The van der Waals surface area contributed by atoms with Crippen molar-refractivity contribution in [1.82, 2.24) is 20.2 Å². The number of morpholine rings is 1. The van der Waals surface area contributed by atoms with Crippen LogP contribution in [0, 0.1) is 0 Å². The molecule has 0 saturated carbocycles. The van der Waals surface area contributed by atoms with E-state index >= 15 is 0 Å². The summed E-state index contributed by atoms with van der Waals surface area (Å²) in [7, 11) is 0. The van der Waals surface area contributed by atoms with E-state index in [-0.39, 0.29) is 18.2 Å². The van der Waals surface area contributed by atoms with Gasteiger partial charge in [0.25, 0.3) is 0 Å². The fraction of sp³-hybridized carbons (Fsp3) is 0.667. The molecular weight excluding hydrogens is 282 g/mol. The van der Waals surface area contributed by atoms with Crippen molar-refractivity contribution in [1.29, 1.82) is 0 Å². The van der Waals surface area contributed by atoms with Crippen molar-refractivity contribution < 1.29 is 9.53 Å². The summed E-state index contributed by atoms with van der Waals surface area (Å²) in [4.78, 5) is 24.8. The largest absolute Gasteiger partial charge is 0.375 e. The Morgan fingerprint density at radius 1 is 1.27 bits per heavy atom. The highest BCUT2D eigenvalue weighted by atomic mass is 16.5. The lowest BCUT2D eigenvalue weighted by Crippen LogP contribution is -2.53. The van der Waals surface area contributed by atoms with Gasteiger partial charge in [-0.2, -0.15) is 0 Å². The van der Waals surface area contributed by atoms with Crippen molar-refractivity contribution in [2.24, 2.45) is 0 Å². The molecule has 1 atom stereocenters. The zero-order valence-corrected chi connectivity index (χ0v) is 12.9. The van der Waals surface area contributed by atoms with Crippen LogP contribution >= 0.6 is 0 Å². The van der Waals surface area contributed by atoms with Crippen LogP contribution in [0.5, 0.6) is 0 Å². The van der Waals surface area contributed by atoms with Crippen LogP contribution in [0.1, 0.15) is 19.8 Å². The van der Waals surface area contributed by atoms with Crippen LogP contribution in [-0.4, -0.2) is 65.8 Å². The van der Waals surface area contributed by atoms with Gasteiger partial charge >= 0.3 is 6.03 Å². The summed E-state index contributed by atoms with van der Waals surface area (Å²) in [6.45, 7) is 5.70. The number of carbonyl (C=O) groups is 1. The SMILES string of the molecule is C[C@H]1CN(C(=O)NC2CCN(c3ncccn3)CC2)CCO1. The van der Waals surface area contributed by atoms with E-state index in [0.717, 1.165) is 31.9 Å². The highest BCUT2D eigenvalue weighted by Gasteiger charge is 2.26. The molecule has 1 N–H and O–H groups in total. The molecule has 0 aromatic carbocycles. The van der Waals surface area contributed by atoms with Gasteiger partial charge in [0.15, 0.2) is 0 Å². The van der Waals surface area contributed by atoms with Gasteiger partial charge in [-0.15, -0.1) is 0 Å². The van der Waals surface area contributed by atoms with Crippen molar-refractivity contribution in [2.75, 3.05) is 37.7 Å². The monoisotopic (exact) mass is 305 g/mol. The highest BCUT2D eigenvalue weighted by Crippen LogP contribution is 2.16. The van der Waals surface area contributed by atoms with Crippen molar-refractivity contribution in [3.8, 4) is 0 Å². The number of ether oxygens (including phenoxy) is 1. The highest BCUT2D eigenvalue weighted by molar-refractivity contribution is 5.74. The Balaban J connectivity index is 1.46. The molecule has 0 spiro atoms. The van der Waals surface area contributed by atoms with E-state index in [9.17, 15) is 4.79 Å². The number of aromatic nitrogens is 2. The van der Waals surface area contributed by atoms with E-state index in [4.69, 9.17) is 4.74 Å². The molecule has 3 rings (SSSR count). The Morgan fingerprint density at radius 3 is 2.68 bits per heavy atom. The van der Waals surface area contributed by atoms with E-state index in [2.05, 4.69) is 20.2 Å². The number of nitrogens with one attached hydrogen (secondary N) is 1. The average Bonchev–Trinajstić information content (AvgIpc) is 2.56. The summed E-state index contributed by atoms with van der Waals surface area (Å²) in [6, 6.07) is 2.08. The van der Waals surface area contributed by atoms with Gasteiger partial charge in [-0.3, -0.25) is 0 Å². The zero-order chi connectivity index (χ0) is 15.4. The lowest BCUT2D eigenvalue weighted by atomic mass is 10.1. The molecule has 1 aromatic rings. The number of rotatable bonds is 2. The van der Waals surface area contributed by atoms with Gasteiger partial charge < -0.3 is 19.9 Å². The summed E-state index contributed by atoms with van der Waals surface area (Å²) in [5.74, 6) is 0.772. The molecule has 1 aromatic heterocycles. The Kier molecular flexibility index (Phi) is 4.72. The van der Waals surface area contributed by atoms with E-state index < -0.39 is 0 Å². The predicted octanol–water partition coefficient (Wildman–Crippen LogP) is 0.876. The lowest BCUT2D eigenvalue weighted by Gasteiger charge is -2.35. The Hall–Kier alpha value is -1.89. The summed E-state index contributed by atoms with van der Waals surface area (Å²) >= 11 is 0. The number of anilines is 1. The van der Waals surface area contributed by atoms with Gasteiger partial charge in [-0.1, -0.05) is 0 Å². The molecule has 0 unspecified atom stereocenters. The summed E-state index contributed by atoms with van der Waals surface area (Å²) < 4.78 is 5.47. The third-order valence-corrected chi connectivity index (χ3v) is 4.19. The maximum Gasteiger partial charge on any atom is 0.317 e. The second-order valence-corrected chi connectivity index (χ2v) is 5.89. The van der Waals surface area contributed by atoms with Crippen molar-refractivity contribution >= 4 is 12.0 Å². The van der Waals surface area contributed by atoms with E-state index in [0.29, 0.717) is 19.7 Å². The molecule has 2 fully saturated rings. The van der Waals surface area contributed by atoms with Crippen LogP contribution in [-0.2, 0) is 4.74 Å². The topological polar surface area (TPSA) is 70.6 Å². The van der Waals surface area contributed by atoms with Gasteiger partial charge in [0.05, 0.1) is 12.7 Å². The minimum absolute atomic E-state index is 0.0320. The molecule has 2 aliphatic heterocycles. The summed E-state index contributed by atoms with van der Waals surface area (Å²) in [5, 5.41) is 3.15. The van der Waals surface area contributed by atoms with Crippen molar-refractivity contribution in [3.05, 3.63) is 18.5 Å². The second kappa shape index (κ2) is 6.91. The third-order valence-electron chi connectivity index (χ3n) is 4.19. The standard InChI is InChI=1S/C15H23N5O2/c1-12-11-20(9-10-22-12)15(21)18-13-3-7-19(8-4-13)14-16-5-2-6-17-14/h2,5-6,12-13H,3-4,7-11H2,1H3,(H,18,21)/t12-/m0/s1. The molecule has 0 bridgehead atoms. The van der Waals surface area contributed by atoms with Crippen LogP contribution in [0.25, 0.3) is 0 Å². The fourth-order valence-corrected chi connectivity index (χ4v) is 2.95. The number of urea groups is 1. The molecule has 0 radical (unpaired) electrons. The van der Waals surface area contributed by atoms with Crippen molar-refractivity contribution in [2.45, 2.75) is 31.9 Å². The molecule has 120 valence electrons.